The third-order valence-corrected chi connectivity index (χ3v) is 8.76. The number of carbonyl (C=O) groups excluding carboxylic acids is 4. The molecule has 1 N–H and O–H groups in total. The van der Waals surface area contributed by atoms with Crippen LogP contribution in [0.25, 0.3) is 0 Å². The van der Waals surface area contributed by atoms with Gasteiger partial charge in [-0.1, -0.05) is 54.1 Å². The van der Waals surface area contributed by atoms with Crippen molar-refractivity contribution >= 4 is 45.0 Å². The standard InChI is InChI=1S/C31H24BrNO5/c1-2-7-16-8-6-11-19(28(16)35)25-18-12-13-20-26(31(38)33(30(20)37)17-9-4-3-5-10-17)21(18)14-22-27(25)24(34)15-23(32)29(22)36/h2-6,8-12,15,20-21,25-26,35H,1,7,13-14H2/t20-,21+,25+,26-/m0/s1. The van der Waals surface area contributed by atoms with E-state index in [1.807, 2.05) is 18.2 Å². The lowest BCUT2D eigenvalue weighted by atomic mass is 9.59. The number of fused-ring (bicyclic) bond motifs is 3. The van der Waals surface area contributed by atoms with Crippen molar-refractivity contribution in [2.75, 3.05) is 4.90 Å². The number of ketones is 2. The molecular weight excluding hydrogens is 546 g/mol. The number of phenolic OH excluding ortho intramolecular Hbond substituents is 1. The highest BCUT2D eigenvalue weighted by atomic mass is 79.9. The Labute approximate surface area is 228 Å². The van der Waals surface area contributed by atoms with Crippen LogP contribution in [0.4, 0.5) is 5.69 Å². The maximum Gasteiger partial charge on any atom is 0.238 e. The van der Waals surface area contributed by atoms with Crippen LogP contribution in [0, 0.1) is 17.8 Å². The third kappa shape index (κ3) is 3.52. The summed E-state index contributed by atoms with van der Waals surface area (Å²) in [6.07, 6.45) is 5.88. The molecule has 6 nitrogen and oxygen atoms in total. The lowest BCUT2D eigenvalue weighted by Gasteiger charge is -2.42. The Morgan fingerprint density at radius 1 is 1.00 bits per heavy atom. The molecule has 0 unspecified atom stereocenters. The van der Waals surface area contributed by atoms with Crippen LogP contribution in [-0.4, -0.2) is 28.5 Å². The van der Waals surface area contributed by atoms with Gasteiger partial charge in [0.15, 0.2) is 11.6 Å². The SMILES string of the molecule is C=CCc1cccc([C@H]2C3=CC[C@@H]4C(=O)N(c5ccccc5)C(=O)[C@@H]4[C@@H]3CC3=C2C(=O)C=C(Br)C3=O)c1O. The van der Waals surface area contributed by atoms with E-state index in [9.17, 15) is 24.3 Å². The first-order valence-corrected chi connectivity index (χ1v) is 13.4. The van der Waals surface area contributed by atoms with Gasteiger partial charge in [-0.2, -0.15) is 0 Å². The maximum atomic E-state index is 13.9. The van der Waals surface area contributed by atoms with Crippen LogP contribution in [0.2, 0.25) is 0 Å². The second-order valence-corrected chi connectivity index (χ2v) is 10.9. The van der Waals surface area contributed by atoms with Crippen molar-refractivity contribution in [1.82, 2.24) is 0 Å². The predicted molar refractivity (Wildman–Crippen MR) is 146 cm³/mol. The van der Waals surface area contributed by atoms with Gasteiger partial charge in [-0.15, -0.1) is 6.58 Å². The van der Waals surface area contributed by atoms with Crippen molar-refractivity contribution in [2.45, 2.75) is 25.2 Å². The highest BCUT2D eigenvalue weighted by molar-refractivity contribution is 9.12. The Bertz CT molecular complexity index is 1530. The number of halogens is 1. The monoisotopic (exact) mass is 569 g/mol. The van der Waals surface area contributed by atoms with Gasteiger partial charge in [0.1, 0.15) is 5.75 Å². The number of aromatic hydroxyl groups is 1. The highest BCUT2D eigenvalue weighted by Crippen LogP contribution is 2.56. The molecule has 0 bridgehead atoms. The lowest BCUT2D eigenvalue weighted by Crippen LogP contribution is -2.39. The normalized spacial score (nSPS) is 26.5. The Hall–Kier alpha value is -3.84. The summed E-state index contributed by atoms with van der Waals surface area (Å²) in [5.41, 5.74) is 3.17. The quantitative estimate of drug-likeness (QED) is 0.314. The molecule has 2 aromatic rings. The number of amides is 2. The molecule has 1 saturated heterocycles. The molecule has 6 rings (SSSR count). The number of anilines is 1. The minimum absolute atomic E-state index is 0.0431. The van der Waals surface area contributed by atoms with Crippen LogP contribution in [0.3, 0.4) is 0 Å². The summed E-state index contributed by atoms with van der Waals surface area (Å²) in [5.74, 6) is -3.47. The zero-order valence-corrected chi connectivity index (χ0v) is 22.0. The summed E-state index contributed by atoms with van der Waals surface area (Å²) < 4.78 is 0.171. The number of para-hydroxylation sites is 2. The van der Waals surface area contributed by atoms with E-state index in [4.69, 9.17) is 0 Å². The Morgan fingerprint density at radius 3 is 2.50 bits per heavy atom. The van der Waals surface area contributed by atoms with Gasteiger partial charge in [0, 0.05) is 28.7 Å². The maximum absolute atomic E-state index is 13.9. The number of nitrogens with zero attached hydrogens (tertiary/aromatic N) is 1. The molecule has 0 spiro atoms. The van der Waals surface area contributed by atoms with Crippen LogP contribution < -0.4 is 4.90 Å². The zero-order valence-electron chi connectivity index (χ0n) is 20.4. The van der Waals surface area contributed by atoms with Crippen LogP contribution in [0.15, 0.2) is 94.5 Å². The largest absolute Gasteiger partial charge is 0.507 e. The van der Waals surface area contributed by atoms with E-state index in [0.29, 0.717) is 40.8 Å². The van der Waals surface area contributed by atoms with Crippen molar-refractivity contribution in [2.24, 2.45) is 17.8 Å². The first-order valence-electron chi connectivity index (χ1n) is 12.6. The summed E-state index contributed by atoms with van der Waals surface area (Å²) in [4.78, 5) is 55.3. The number of benzene rings is 2. The molecular formula is C31H24BrNO5. The van der Waals surface area contributed by atoms with Crippen molar-refractivity contribution < 1.29 is 24.3 Å². The minimum atomic E-state index is -0.698. The molecule has 7 heteroatoms. The highest BCUT2D eigenvalue weighted by Gasteiger charge is 2.56. The van der Waals surface area contributed by atoms with Crippen molar-refractivity contribution in [1.29, 1.82) is 0 Å². The molecule has 0 saturated carbocycles. The van der Waals surface area contributed by atoms with Gasteiger partial charge in [-0.3, -0.25) is 24.1 Å². The first-order chi connectivity index (χ1) is 18.3. The van der Waals surface area contributed by atoms with Crippen molar-refractivity contribution in [3.8, 4) is 5.75 Å². The molecule has 1 aliphatic heterocycles. The second-order valence-electron chi connectivity index (χ2n) is 10.1. The van der Waals surface area contributed by atoms with E-state index in [1.54, 1.807) is 42.5 Å². The fourth-order valence-corrected chi connectivity index (χ4v) is 7.01. The van der Waals surface area contributed by atoms with E-state index >= 15 is 0 Å². The average molecular weight is 570 g/mol. The minimum Gasteiger partial charge on any atom is -0.507 e. The molecule has 38 heavy (non-hydrogen) atoms. The molecule has 0 aromatic heterocycles. The molecule has 4 atom stereocenters. The van der Waals surface area contributed by atoms with Gasteiger partial charge in [0.25, 0.3) is 0 Å². The first kappa shape index (κ1) is 24.5. The van der Waals surface area contributed by atoms with Gasteiger partial charge in [0.2, 0.25) is 11.8 Å². The predicted octanol–water partition coefficient (Wildman–Crippen LogP) is 5.09. The van der Waals surface area contributed by atoms with Crippen LogP contribution in [0.1, 0.15) is 29.9 Å². The number of hydrogen-bond acceptors (Lipinski definition) is 5. The van der Waals surface area contributed by atoms with E-state index in [-0.39, 0.29) is 40.0 Å². The third-order valence-electron chi connectivity index (χ3n) is 8.17. The average Bonchev–Trinajstić information content (AvgIpc) is 3.18. The summed E-state index contributed by atoms with van der Waals surface area (Å²) in [6, 6.07) is 14.2. The summed E-state index contributed by atoms with van der Waals surface area (Å²) in [7, 11) is 0. The van der Waals surface area contributed by atoms with Gasteiger partial charge >= 0.3 is 0 Å². The number of carbonyl (C=O) groups is 4. The fourth-order valence-electron chi connectivity index (χ4n) is 6.56. The summed E-state index contributed by atoms with van der Waals surface area (Å²) >= 11 is 3.24. The smallest absolute Gasteiger partial charge is 0.238 e. The van der Waals surface area contributed by atoms with Crippen molar-refractivity contribution in [3.05, 3.63) is 106 Å². The van der Waals surface area contributed by atoms with E-state index in [1.165, 1.54) is 11.0 Å². The molecule has 2 amide bonds. The number of imide groups is 1. The topological polar surface area (TPSA) is 91.8 Å². The van der Waals surface area contributed by atoms with Crippen LogP contribution in [0.5, 0.6) is 5.75 Å². The molecule has 3 aliphatic carbocycles. The summed E-state index contributed by atoms with van der Waals surface area (Å²) in [6.45, 7) is 3.77. The Kier molecular flexibility index (Phi) is 5.91. The van der Waals surface area contributed by atoms with Crippen LogP contribution >= 0.6 is 15.9 Å². The van der Waals surface area contributed by atoms with Crippen molar-refractivity contribution in [3.63, 3.8) is 0 Å². The fraction of sp³-hybridized carbons (Fsp3) is 0.226. The van der Waals surface area contributed by atoms with Gasteiger partial charge < -0.3 is 5.11 Å². The number of phenols is 1. The second kappa shape index (κ2) is 9.17. The Morgan fingerprint density at radius 2 is 1.76 bits per heavy atom. The summed E-state index contributed by atoms with van der Waals surface area (Å²) in [5, 5.41) is 11.3. The van der Waals surface area contributed by atoms with Gasteiger partial charge in [-0.05, 0) is 58.8 Å². The molecule has 4 aliphatic rings. The van der Waals surface area contributed by atoms with Crippen LogP contribution in [-0.2, 0) is 25.6 Å². The molecule has 1 heterocycles. The molecule has 0 radical (unpaired) electrons. The Balaban J connectivity index is 1.52. The van der Waals surface area contributed by atoms with E-state index in [0.717, 1.165) is 5.57 Å². The van der Waals surface area contributed by atoms with Gasteiger partial charge in [-0.25, -0.2) is 0 Å². The molecule has 2 aromatic carbocycles. The molecule has 1 fully saturated rings. The van der Waals surface area contributed by atoms with Gasteiger partial charge in [0.05, 0.1) is 22.0 Å². The lowest BCUT2D eigenvalue weighted by molar-refractivity contribution is -0.123. The number of allylic oxidation sites excluding steroid dienone is 7. The van der Waals surface area contributed by atoms with E-state index in [2.05, 4.69) is 22.5 Å². The molecule has 190 valence electrons. The number of hydrogen-bond donors (Lipinski definition) is 1. The van der Waals surface area contributed by atoms with E-state index < -0.39 is 23.7 Å². The number of Topliss-reactive ketones (excluding diaryl/α,β-unsaturated/α-hetero) is 1. The zero-order chi connectivity index (χ0) is 26.7. The number of rotatable bonds is 4.